The fourth-order valence-electron chi connectivity index (χ4n) is 2.10. The first-order valence-electron chi connectivity index (χ1n) is 5.49. The molecule has 0 aromatic heterocycles. The fraction of sp³-hybridized carbons (Fsp3) is 0.143. The van der Waals surface area contributed by atoms with Gasteiger partial charge in [0.1, 0.15) is 5.82 Å². The number of hydrogen-bond donors (Lipinski definition) is 0. The maximum atomic E-state index is 13.7. The first-order valence-corrected chi connectivity index (χ1v) is 5.49. The van der Waals surface area contributed by atoms with Gasteiger partial charge in [-0.2, -0.15) is 0 Å². The first-order chi connectivity index (χ1) is 8.56. The quantitative estimate of drug-likeness (QED) is 0.750. The van der Waals surface area contributed by atoms with Gasteiger partial charge in [0.05, 0.1) is 0 Å². The van der Waals surface area contributed by atoms with E-state index in [1.54, 1.807) is 18.2 Å². The zero-order valence-electron chi connectivity index (χ0n) is 9.73. The lowest BCUT2D eigenvalue weighted by atomic mass is 9.95. The van der Waals surface area contributed by atoms with Crippen LogP contribution < -0.4 is 0 Å². The van der Waals surface area contributed by atoms with Crippen LogP contribution in [0.1, 0.15) is 17.9 Å². The highest BCUT2D eigenvalue weighted by atomic mass is 19.1. The molecule has 0 saturated carbocycles. The summed E-state index contributed by atoms with van der Waals surface area (Å²) in [5, 5.41) is 0. The minimum atomic E-state index is -0.524. The summed E-state index contributed by atoms with van der Waals surface area (Å²) in [6.45, 7) is 7.05. The molecule has 2 rings (SSSR count). The van der Waals surface area contributed by atoms with E-state index in [0.717, 1.165) is 11.0 Å². The molecule has 3 nitrogen and oxygen atoms in total. The summed E-state index contributed by atoms with van der Waals surface area (Å²) in [5.41, 5.74) is 0.685. The van der Waals surface area contributed by atoms with Crippen molar-refractivity contribution in [2.24, 2.45) is 0 Å². The fourth-order valence-corrected chi connectivity index (χ4v) is 2.10. The molecule has 0 radical (unpaired) electrons. The van der Waals surface area contributed by atoms with Gasteiger partial charge < -0.3 is 0 Å². The second kappa shape index (κ2) is 4.56. The van der Waals surface area contributed by atoms with Gasteiger partial charge in [-0.3, -0.25) is 14.5 Å². The molecule has 2 amide bonds. The minimum absolute atomic E-state index is 0.0549. The third kappa shape index (κ3) is 1.86. The lowest BCUT2D eigenvalue weighted by molar-refractivity contribution is -0.137. The van der Waals surface area contributed by atoms with Crippen LogP contribution in [0, 0.1) is 5.82 Å². The third-order valence-corrected chi connectivity index (χ3v) is 2.99. The van der Waals surface area contributed by atoms with Gasteiger partial charge in [0, 0.05) is 18.0 Å². The van der Waals surface area contributed by atoms with Crippen molar-refractivity contribution >= 4 is 11.8 Å². The van der Waals surface area contributed by atoms with E-state index >= 15 is 0 Å². The van der Waals surface area contributed by atoms with Crippen molar-refractivity contribution < 1.29 is 14.0 Å². The van der Waals surface area contributed by atoms with Crippen molar-refractivity contribution in [2.75, 3.05) is 0 Å². The Hall–Kier alpha value is -2.23. The molecule has 4 heteroatoms. The lowest BCUT2D eigenvalue weighted by Crippen LogP contribution is -2.28. The SMILES string of the molecule is C=CC(=O)N1C(=C)C(c2ccccc2F)CC1=O. The third-order valence-electron chi connectivity index (χ3n) is 2.99. The second-order valence-corrected chi connectivity index (χ2v) is 4.04. The topological polar surface area (TPSA) is 37.4 Å². The highest BCUT2D eigenvalue weighted by Gasteiger charge is 2.38. The van der Waals surface area contributed by atoms with E-state index in [4.69, 9.17) is 0 Å². The van der Waals surface area contributed by atoms with Gasteiger partial charge in [0.15, 0.2) is 0 Å². The number of rotatable bonds is 2. The molecule has 0 aliphatic carbocycles. The Morgan fingerprint density at radius 1 is 1.44 bits per heavy atom. The molecule has 18 heavy (non-hydrogen) atoms. The smallest absolute Gasteiger partial charge is 0.256 e. The Kier molecular flexibility index (Phi) is 3.10. The molecule has 1 heterocycles. The Balaban J connectivity index is 2.37. The summed E-state index contributed by atoms with van der Waals surface area (Å²) in [6.07, 6.45) is 1.10. The Bertz CT molecular complexity index is 550. The van der Waals surface area contributed by atoms with Crippen LogP contribution in [0.15, 0.2) is 49.2 Å². The van der Waals surface area contributed by atoms with Crippen LogP contribution in [0.25, 0.3) is 0 Å². The average molecular weight is 245 g/mol. The van der Waals surface area contributed by atoms with Crippen LogP contribution in [0.3, 0.4) is 0 Å². The summed E-state index contributed by atoms with van der Waals surface area (Å²) in [5.74, 6) is -1.78. The number of benzene rings is 1. The molecule has 1 saturated heterocycles. The van der Waals surface area contributed by atoms with Crippen LogP contribution >= 0.6 is 0 Å². The maximum absolute atomic E-state index is 13.7. The van der Waals surface area contributed by atoms with E-state index in [9.17, 15) is 14.0 Å². The van der Waals surface area contributed by atoms with Gasteiger partial charge in [0.2, 0.25) is 5.91 Å². The van der Waals surface area contributed by atoms with Gasteiger partial charge in [-0.05, 0) is 17.7 Å². The lowest BCUT2D eigenvalue weighted by Gasteiger charge is -2.16. The molecule has 0 bridgehead atoms. The number of carbonyl (C=O) groups is 2. The van der Waals surface area contributed by atoms with E-state index in [2.05, 4.69) is 13.2 Å². The van der Waals surface area contributed by atoms with E-state index < -0.39 is 17.6 Å². The summed E-state index contributed by atoms with van der Waals surface area (Å²) in [4.78, 5) is 24.2. The van der Waals surface area contributed by atoms with Crippen LogP contribution in [0.5, 0.6) is 0 Å². The molecule has 1 fully saturated rings. The highest BCUT2D eigenvalue weighted by Crippen LogP contribution is 2.37. The summed E-state index contributed by atoms with van der Waals surface area (Å²) >= 11 is 0. The van der Waals surface area contributed by atoms with Crippen molar-refractivity contribution in [3.8, 4) is 0 Å². The van der Waals surface area contributed by atoms with Gasteiger partial charge in [-0.15, -0.1) is 0 Å². The molecule has 92 valence electrons. The molecule has 0 spiro atoms. The Labute approximate surface area is 104 Å². The van der Waals surface area contributed by atoms with Gasteiger partial charge in [-0.1, -0.05) is 31.4 Å². The number of amides is 2. The predicted molar refractivity (Wildman–Crippen MR) is 64.9 cm³/mol. The second-order valence-electron chi connectivity index (χ2n) is 4.04. The molecule has 1 aromatic carbocycles. The zero-order chi connectivity index (χ0) is 13.3. The van der Waals surface area contributed by atoms with E-state index in [1.165, 1.54) is 6.07 Å². The van der Waals surface area contributed by atoms with Crippen LogP contribution in [0.4, 0.5) is 4.39 Å². The Morgan fingerprint density at radius 2 is 2.11 bits per heavy atom. The van der Waals surface area contributed by atoms with E-state index in [-0.39, 0.29) is 12.3 Å². The predicted octanol–water partition coefficient (Wildman–Crippen LogP) is 2.37. The molecule has 1 aliphatic heterocycles. The molecule has 1 atom stereocenters. The first kappa shape index (κ1) is 12.2. The van der Waals surface area contributed by atoms with Gasteiger partial charge in [-0.25, -0.2) is 4.39 Å². The van der Waals surface area contributed by atoms with Gasteiger partial charge >= 0.3 is 0 Å². The molecular weight excluding hydrogens is 233 g/mol. The van der Waals surface area contributed by atoms with E-state index in [0.29, 0.717) is 11.3 Å². The average Bonchev–Trinajstić information content (AvgIpc) is 2.65. The number of likely N-dealkylation sites (tertiary alicyclic amines) is 1. The monoisotopic (exact) mass is 245 g/mol. The standard InChI is InChI=1S/C14H12FNO2/c1-3-13(17)16-9(2)11(8-14(16)18)10-6-4-5-7-12(10)15/h3-7,11H,1-2,8H2. The molecule has 0 N–H and O–H groups in total. The summed E-state index contributed by atoms with van der Waals surface area (Å²) in [6, 6.07) is 6.19. The number of nitrogens with zero attached hydrogens (tertiary/aromatic N) is 1. The van der Waals surface area contributed by atoms with Crippen molar-refractivity contribution in [3.05, 3.63) is 60.6 Å². The maximum Gasteiger partial charge on any atom is 0.256 e. The number of halogens is 1. The van der Waals surface area contributed by atoms with Crippen LogP contribution in [-0.2, 0) is 9.59 Å². The van der Waals surface area contributed by atoms with Crippen molar-refractivity contribution in [1.82, 2.24) is 4.90 Å². The summed E-state index contributed by atoms with van der Waals surface area (Å²) in [7, 11) is 0. The minimum Gasteiger partial charge on any atom is -0.274 e. The summed E-state index contributed by atoms with van der Waals surface area (Å²) < 4.78 is 13.7. The number of imide groups is 1. The van der Waals surface area contributed by atoms with Gasteiger partial charge in [0.25, 0.3) is 5.91 Å². The normalized spacial score (nSPS) is 19.2. The largest absolute Gasteiger partial charge is 0.274 e. The molecule has 1 unspecified atom stereocenters. The number of carbonyl (C=O) groups excluding carboxylic acids is 2. The highest BCUT2D eigenvalue weighted by molar-refractivity contribution is 6.04. The van der Waals surface area contributed by atoms with E-state index in [1.807, 2.05) is 0 Å². The van der Waals surface area contributed by atoms with Crippen LogP contribution in [-0.4, -0.2) is 16.7 Å². The van der Waals surface area contributed by atoms with Crippen LogP contribution in [0.2, 0.25) is 0 Å². The number of hydrogen-bond acceptors (Lipinski definition) is 2. The van der Waals surface area contributed by atoms with Crippen molar-refractivity contribution in [2.45, 2.75) is 12.3 Å². The molecule has 1 aliphatic rings. The Morgan fingerprint density at radius 3 is 2.72 bits per heavy atom. The molecular formula is C14H12FNO2. The number of allylic oxidation sites excluding steroid dienone is 1. The molecule has 1 aromatic rings. The van der Waals surface area contributed by atoms with Crippen molar-refractivity contribution in [3.63, 3.8) is 0 Å². The van der Waals surface area contributed by atoms with Crippen molar-refractivity contribution in [1.29, 1.82) is 0 Å². The zero-order valence-corrected chi connectivity index (χ0v) is 9.73.